The Bertz CT molecular complexity index is 796. The van der Waals surface area contributed by atoms with E-state index in [0.717, 1.165) is 22.6 Å². The maximum absolute atomic E-state index is 5.16. The number of rotatable bonds is 9. The molecule has 0 fully saturated rings. The van der Waals surface area contributed by atoms with Crippen LogP contribution in [0.4, 0.5) is 0 Å². The molecule has 0 radical (unpaired) electrons. The van der Waals surface area contributed by atoms with Crippen molar-refractivity contribution in [2.45, 2.75) is 13.1 Å². The fourth-order valence-electron chi connectivity index (χ4n) is 2.19. The molecule has 30 heavy (non-hydrogen) atoms. The van der Waals surface area contributed by atoms with E-state index >= 15 is 0 Å². The Morgan fingerprint density at radius 1 is 0.733 bits per heavy atom. The zero-order valence-corrected chi connectivity index (χ0v) is 18.3. The van der Waals surface area contributed by atoms with Gasteiger partial charge in [0, 0.05) is 13.1 Å². The number of thiocarbonyl (C=S) groups is 2. The van der Waals surface area contributed by atoms with Gasteiger partial charge in [-0.15, -0.1) is 0 Å². The van der Waals surface area contributed by atoms with Gasteiger partial charge in [-0.05, 0) is 59.8 Å². The van der Waals surface area contributed by atoms with E-state index in [1.807, 2.05) is 48.5 Å². The fourth-order valence-corrected chi connectivity index (χ4v) is 2.44. The third kappa shape index (κ3) is 8.84. The number of hydrogen-bond donors (Lipinski definition) is 4. The van der Waals surface area contributed by atoms with Crippen molar-refractivity contribution in [2.24, 2.45) is 10.2 Å². The average Bonchev–Trinajstić information content (AvgIpc) is 2.79. The van der Waals surface area contributed by atoms with E-state index in [4.69, 9.17) is 33.9 Å². The van der Waals surface area contributed by atoms with E-state index in [0.29, 0.717) is 23.3 Å². The molecule has 2 aromatic rings. The molecule has 0 spiro atoms. The van der Waals surface area contributed by atoms with Gasteiger partial charge in [-0.2, -0.15) is 10.2 Å². The summed E-state index contributed by atoms with van der Waals surface area (Å²) in [6.07, 6.45) is 2.92. The summed E-state index contributed by atoms with van der Waals surface area (Å²) in [5, 5.41) is 14.8. The summed E-state index contributed by atoms with van der Waals surface area (Å²) in [6.45, 7) is 1.16. The molecule has 0 aromatic heterocycles. The van der Waals surface area contributed by atoms with Crippen LogP contribution in [0, 0.1) is 0 Å². The molecule has 4 N–H and O–H groups in total. The SMILES string of the molecule is COc1ccc(CNC(=S)N/N=C/C=N/NC(=S)NCc2ccc(OC)cc2)cc1. The first kappa shape index (κ1) is 23.0. The van der Waals surface area contributed by atoms with Crippen molar-refractivity contribution < 1.29 is 9.47 Å². The normalized spacial score (nSPS) is 10.6. The van der Waals surface area contributed by atoms with E-state index in [-0.39, 0.29) is 0 Å². The minimum atomic E-state index is 0.403. The zero-order chi connectivity index (χ0) is 21.6. The maximum atomic E-state index is 5.16. The molecule has 0 unspecified atom stereocenters. The van der Waals surface area contributed by atoms with Gasteiger partial charge in [0.1, 0.15) is 11.5 Å². The smallest absolute Gasteiger partial charge is 0.187 e. The lowest BCUT2D eigenvalue weighted by Crippen LogP contribution is -2.32. The summed E-state index contributed by atoms with van der Waals surface area (Å²) in [6, 6.07) is 15.4. The average molecular weight is 445 g/mol. The topological polar surface area (TPSA) is 91.3 Å². The third-order valence-electron chi connectivity index (χ3n) is 3.77. The molecule has 8 nitrogen and oxygen atoms in total. The van der Waals surface area contributed by atoms with Crippen molar-refractivity contribution >= 4 is 47.1 Å². The van der Waals surface area contributed by atoms with Crippen molar-refractivity contribution in [2.75, 3.05) is 14.2 Å². The first-order valence-corrected chi connectivity index (χ1v) is 9.80. The summed E-state index contributed by atoms with van der Waals surface area (Å²) in [5.41, 5.74) is 7.56. The lowest BCUT2D eigenvalue weighted by molar-refractivity contribution is 0.414. The van der Waals surface area contributed by atoms with Crippen LogP contribution in [0.1, 0.15) is 11.1 Å². The Morgan fingerprint density at radius 2 is 1.10 bits per heavy atom. The van der Waals surface area contributed by atoms with Gasteiger partial charge >= 0.3 is 0 Å². The van der Waals surface area contributed by atoms with Gasteiger partial charge in [-0.25, -0.2) is 0 Å². The molecule has 2 aromatic carbocycles. The lowest BCUT2D eigenvalue weighted by Gasteiger charge is -2.08. The predicted octanol–water partition coefficient (Wildman–Crippen LogP) is 2.30. The van der Waals surface area contributed by atoms with E-state index < -0.39 is 0 Å². The molecule has 2 rings (SSSR count). The molecule has 0 saturated carbocycles. The van der Waals surface area contributed by atoms with Gasteiger partial charge in [0.2, 0.25) is 0 Å². The number of nitrogens with one attached hydrogen (secondary N) is 4. The molecular weight excluding hydrogens is 420 g/mol. The van der Waals surface area contributed by atoms with Crippen LogP contribution < -0.4 is 31.0 Å². The molecule has 0 bridgehead atoms. The second-order valence-corrected chi connectivity index (χ2v) is 6.66. The lowest BCUT2D eigenvalue weighted by atomic mass is 10.2. The second kappa shape index (κ2) is 13.1. The Labute approximate surface area is 186 Å². The summed E-state index contributed by atoms with van der Waals surface area (Å²) in [4.78, 5) is 0. The highest BCUT2D eigenvalue weighted by atomic mass is 32.1. The van der Waals surface area contributed by atoms with Crippen LogP contribution in [0.5, 0.6) is 11.5 Å². The maximum Gasteiger partial charge on any atom is 0.187 e. The first-order chi connectivity index (χ1) is 14.6. The molecule has 0 aliphatic carbocycles. The highest BCUT2D eigenvalue weighted by Crippen LogP contribution is 2.11. The van der Waals surface area contributed by atoms with Crippen LogP contribution in [0.15, 0.2) is 58.7 Å². The minimum absolute atomic E-state index is 0.403. The quantitative estimate of drug-likeness (QED) is 0.266. The number of nitrogens with zero attached hydrogens (tertiary/aromatic N) is 2. The Hall–Kier alpha value is -3.24. The summed E-state index contributed by atoms with van der Waals surface area (Å²) >= 11 is 10.3. The molecule has 10 heteroatoms. The van der Waals surface area contributed by atoms with Crippen molar-refractivity contribution in [3.63, 3.8) is 0 Å². The summed E-state index contributed by atoms with van der Waals surface area (Å²) in [7, 11) is 3.27. The van der Waals surface area contributed by atoms with Crippen molar-refractivity contribution in [3.05, 3.63) is 59.7 Å². The van der Waals surface area contributed by atoms with Crippen molar-refractivity contribution in [1.29, 1.82) is 0 Å². The molecule has 0 aliphatic rings. The van der Waals surface area contributed by atoms with Gasteiger partial charge < -0.3 is 20.1 Å². The van der Waals surface area contributed by atoms with Crippen molar-refractivity contribution in [1.82, 2.24) is 21.5 Å². The molecule has 0 saturated heterocycles. The molecule has 0 aliphatic heterocycles. The van der Waals surface area contributed by atoms with E-state index in [2.05, 4.69) is 31.7 Å². The highest BCUT2D eigenvalue weighted by Gasteiger charge is 1.97. The van der Waals surface area contributed by atoms with Gasteiger partial charge in [-0.3, -0.25) is 10.9 Å². The van der Waals surface area contributed by atoms with Crippen LogP contribution in [-0.4, -0.2) is 36.9 Å². The van der Waals surface area contributed by atoms with Gasteiger partial charge in [0.15, 0.2) is 10.2 Å². The summed E-state index contributed by atoms with van der Waals surface area (Å²) in [5.74, 6) is 1.62. The van der Waals surface area contributed by atoms with E-state index in [1.165, 1.54) is 12.4 Å². The fraction of sp³-hybridized carbons (Fsp3) is 0.200. The standard InChI is InChI=1S/C20H24N6O2S2/c1-27-17-7-3-15(4-8-17)13-21-19(29)25-23-11-12-24-26-20(30)22-14-16-5-9-18(28-2)10-6-16/h3-12H,13-14H2,1-2H3,(H2,21,25,29)(H2,22,26,30)/b23-11+,24-12+. The van der Waals surface area contributed by atoms with E-state index in [1.54, 1.807) is 14.2 Å². The van der Waals surface area contributed by atoms with Gasteiger partial charge in [0.05, 0.1) is 26.6 Å². The van der Waals surface area contributed by atoms with Crippen LogP contribution in [0.25, 0.3) is 0 Å². The van der Waals surface area contributed by atoms with Gasteiger partial charge in [0.25, 0.3) is 0 Å². The van der Waals surface area contributed by atoms with Gasteiger partial charge in [-0.1, -0.05) is 24.3 Å². The zero-order valence-electron chi connectivity index (χ0n) is 16.7. The Morgan fingerprint density at radius 3 is 1.43 bits per heavy atom. The number of benzene rings is 2. The van der Waals surface area contributed by atoms with Crippen molar-refractivity contribution in [3.8, 4) is 11.5 Å². The molecule has 0 heterocycles. The highest BCUT2D eigenvalue weighted by molar-refractivity contribution is 7.80. The molecule has 158 valence electrons. The largest absolute Gasteiger partial charge is 0.497 e. The summed E-state index contributed by atoms with van der Waals surface area (Å²) < 4.78 is 10.3. The van der Waals surface area contributed by atoms with Crippen LogP contribution >= 0.6 is 24.4 Å². The Kier molecular flexibility index (Phi) is 10.0. The number of hydrogen-bond acceptors (Lipinski definition) is 6. The van der Waals surface area contributed by atoms with Crippen LogP contribution in [-0.2, 0) is 13.1 Å². The predicted molar refractivity (Wildman–Crippen MR) is 128 cm³/mol. The Balaban J connectivity index is 1.59. The monoisotopic (exact) mass is 444 g/mol. The first-order valence-electron chi connectivity index (χ1n) is 8.99. The van der Waals surface area contributed by atoms with Crippen LogP contribution in [0.3, 0.4) is 0 Å². The van der Waals surface area contributed by atoms with E-state index in [9.17, 15) is 0 Å². The second-order valence-electron chi connectivity index (χ2n) is 5.84. The third-order valence-corrected chi connectivity index (χ3v) is 4.24. The number of methoxy groups -OCH3 is 2. The number of ether oxygens (including phenoxy) is 2. The number of hydrazone groups is 2. The minimum Gasteiger partial charge on any atom is -0.497 e. The molecule has 0 atom stereocenters. The van der Waals surface area contributed by atoms with Crippen LogP contribution in [0.2, 0.25) is 0 Å². The molecular formula is C20H24N6O2S2. The molecule has 0 amide bonds.